The molecule has 1 saturated heterocycles. The van der Waals surface area contributed by atoms with Gasteiger partial charge in [-0.05, 0) is 36.6 Å². The minimum Gasteiger partial charge on any atom is -0.340 e. The number of likely N-dealkylation sites (tertiary alicyclic amines) is 1. The molecule has 9 heteroatoms. The molecular formula is C22H24N4O4S. The molecule has 1 aromatic carbocycles. The molecule has 2 atom stereocenters. The van der Waals surface area contributed by atoms with Gasteiger partial charge in [0.05, 0.1) is 17.5 Å². The molecule has 2 aliphatic rings. The lowest BCUT2D eigenvalue weighted by Crippen LogP contribution is -2.49. The summed E-state index contributed by atoms with van der Waals surface area (Å²) in [6.07, 6.45) is 3.93. The first kappa shape index (κ1) is 19.9. The van der Waals surface area contributed by atoms with Crippen molar-refractivity contribution in [3.63, 3.8) is 0 Å². The molecule has 3 aromatic rings. The summed E-state index contributed by atoms with van der Waals surface area (Å²) in [4.78, 5) is 27.3. The first-order valence-corrected chi connectivity index (χ1v) is 12.2. The van der Waals surface area contributed by atoms with E-state index in [-0.39, 0.29) is 29.8 Å². The van der Waals surface area contributed by atoms with Gasteiger partial charge in [-0.25, -0.2) is 8.42 Å². The number of hydrogen-bond donors (Lipinski definition) is 1. The van der Waals surface area contributed by atoms with Crippen molar-refractivity contribution in [2.45, 2.75) is 25.4 Å². The van der Waals surface area contributed by atoms with E-state index in [2.05, 4.69) is 4.72 Å². The first-order valence-electron chi connectivity index (χ1n) is 10.3. The van der Waals surface area contributed by atoms with Crippen molar-refractivity contribution in [3.8, 4) is 0 Å². The van der Waals surface area contributed by atoms with Crippen LogP contribution in [0.5, 0.6) is 0 Å². The van der Waals surface area contributed by atoms with Gasteiger partial charge in [-0.3, -0.25) is 14.3 Å². The first-order chi connectivity index (χ1) is 14.8. The van der Waals surface area contributed by atoms with Crippen LogP contribution in [-0.4, -0.2) is 47.7 Å². The van der Waals surface area contributed by atoms with E-state index < -0.39 is 10.0 Å². The summed E-state index contributed by atoms with van der Waals surface area (Å²) in [7, 11) is -3.39. The summed E-state index contributed by atoms with van der Waals surface area (Å²) < 4.78 is 29.5. The molecule has 2 aromatic heterocycles. The zero-order valence-electron chi connectivity index (χ0n) is 17.2. The summed E-state index contributed by atoms with van der Waals surface area (Å²) in [6.45, 7) is 2.10. The van der Waals surface area contributed by atoms with Gasteiger partial charge in [-0.1, -0.05) is 12.1 Å². The average molecular weight is 441 g/mol. The summed E-state index contributed by atoms with van der Waals surface area (Å²) >= 11 is 0. The van der Waals surface area contributed by atoms with E-state index in [4.69, 9.17) is 0 Å². The second-order valence-corrected chi connectivity index (χ2v) is 10.3. The topological polar surface area (TPSA) is 93.4 Å². The van der Waals surface area contributed by atoms with Gasteiger partial charge >= 0.3 is 0 Å². The molecule has 8 nitrogen and oxygen atoms in total. The molecular weight excluding hydrogens is 416 g/mol. The van der Waals surface area contributed by atoms with Gasteiger partial charge in [-0.15, -0.1) is 0 Å². The highest BCUT2D eigenvalue weighted by atomic mass is 32.2. The molecule has 0 unspecified atom stereocenters. The number of benzene rings is 1. The summed E-state index contributed by atoms with van der Waals surface area (Å²) in [5.74, 6) is 0.486. The quantitative estimate of drug-likeness (QED) is 0.670. The largest absolute Gasteiger partial charge is 0.340 e. The van der Waals surface area contributed by atoms with E-state index in [0.29, 0.717) is 25.3 Å². The predicted molar refractivity (Wildman–Crippen MR) is 119 cm³/mol. The number of aromatic nitrogens is 2. The van der Waals surface area contributed by atoms with Gasteiger partial charge in [0.2, 0.25) is 15.9 Å². The van der Waals surface area contributed by atoms with E-state index in [9.17, 15) is 18.0 Å². The number of sulfonamides is 1. The molecule has 0 saturated carbocycles. The molecule has 0 spiro atoms. The molecule has 5 rings (SSSR count). The Morgan fingerprint density at radius 2 is 1.90 bits per heavy atom. The molecule has 31 heavy (non-hydrogen) atoms. The maximum atomic E-state index is 13.2. The Bertz CT molecular complexity index is 1340. The van der Waals surface area contributed by atoms with Crippen molar-refractivity contribution >= 4 is 32.5 Å². The van der Waals surface area contributed by atoms with Crippen molar-refractivity contribution in [2.24, 2.45) is 5.92 Å². The molecule has 4 heterocycles. The van der Waals surface area contributed by atoms with Gasteiger partial charge < -0.3 is 14.0 Å². The molecule has 0 aliphatic carbocycles. The Kier molecular flexibility index (Phi) is 4.65. The maximum absolute atomic E-state index is 13.2. The number of amides is 1. The molecule has 1 fully saturated rings. The number of anilines is 1. The molecule has 2 bridgehead atoms. The van der Waals surface area contributed by atoms with Crippen LogP contribution in [0.15, 0.2) is 53.5 Å². The Hall–Kier alpha value is -3.07. The zero-order chi connectivity index (χ0) is 21.8. The Morgan fingerprint density at radius 3 is 2.71 bits per heavy atom. The highest BCUT2D eigenvalue weighted by molar-refractivity contribution is 7.92. The third-order valence-corrected chi connectivity index (χ3v) is 6.84. The number of pyridine rings is 1. The van der Waals surface area contributed by atoms with Crippen molar-refractivity contribution in [2.75, 3.05) is 24.1 Å². The number of fused-ring (bicyclic) bond motifs is 5. The highest BCUT2D eigenvalue weighted by Gasteiger charge is 2.36. The standard InChI is InChI=1S/C22H24N4O4S/c1-31(29,30)23-18-4-2-6-20-17(18)8-9-24(20)14-22(28)25-11-15-10-16(13-25)19-5-3-7-21(27)26(19)12-15/h2-9,15-16,23H,10-14H2,1H3/t15-,16+/m1/s1. The van der Waals surface area contributed by atoms with Crippen LogP contribution in [0.25, 0.3) is 10.9 Å². The van der Waals surface area contributed by atoms with Crippen LogP contribution in [0.2, 0.25) is 0 Å². The zero-order valence-corrected chi connectivity index (χ0v) is 18.0. The molecule has 2 aliphatic heterocycles. The van der Waals surface area contributed by atoms with E-state index in [1.807, 2.05) is 38.4 Å². The van der Waals surface area contributed by atoms with Crippen LogP contribution < -0.4 is 10.3 Å². The Balaban J connectivity index is 1.37. The van der Waals surface area contributed by atoms with E-state index in [1.165, 1.54) is 0 Å². The number of piperidine rings is 1. The molecule has 0 radical (unpaired) electrons. The Labute approximate surface area is 180 Å². The lowest BCUT2D eigenvalue weighted by molar-refractivity contribution is -0.134. The lowest BCUT2D eigenvalue weighted by Gasteiger charge is -2.42. The summed E-state index contributed by atoms with van der Waals surface area (Å²) in [5, 5.41) is 0.754. The fraction of sp³-hybridized carbons (Fsp3) is 0.364. The van der Waals surface area contributed by atoms with Crippen molar-refractivity contribution in [3.05, 3.63) is 64.7 Å². The van der Waals surface area contributed by atoms with E-state index >= 15 is 0 Å². The van der Waals surface area contributed by atoms with Crippen LogP contribution >= 0.6 is 0 Å². The fourth-order valence-electron chi connectivity index (χ4n) is 5.00. The highest BCUT2D eigenvalue weighted by Crippen LogP contribution is 2.35. The van der Waals surface area contributed by atoms with Crippen molar-refractivity contribution in [1.29, 1.82) is 0 Å². The van der Waals surface area contributed by atoms with Gasteiger partial charge in [0, 0.05) is 48.9 Å². The van der Waals surface area contributed by atoms with Gasteiger partial charge in [0.25, 0.3) is 5.56 Å². The number of nitrogens with one attached hydrogen (secondary N) is 1. The average Bonchev–Trinajstić information content (AvgIpc) is 3.11. The van der Waals surface area contributed by atoms with Crippen molar-refractivity contribution in [1.82, 2.24) is 14.0 Å². The maximum Gasteiger partial charge on any atom is 0.250 e. The van der Waals surface area contributed by atoms with Gasteiger partial charge in [-0.2, -0.15) is 0 Å². The van der Waals surface area contributed by atoms with E-state index in [0.717, 1.165) is 29.3 Å². The molecule has 162 valence electrons. The second kappa shape index (κ2) is 7.26. The number of hydrogen-bond acceptors (Lipinski definition) is 4. The summed E-state index contributed by atoms with van der Waals surface area (Å²) in [6, 6.07) is 12.6. The fourth-order valence-corrected chi connectivity index (χ4v) is 5.57. The van der Waals surface area contributed by atoms with Crippen LogP contribution in [0.1, 0.15) is 18.0 Å². The van der Waals surface area contributed by atoms with Crippen LogP contribution in [0.3, 0.4) is 0 Å². The van der Waals surface area contributed by atoms with Crippen LogP contribution in [0.4, 0.5) is 5.69 Å². The van der Waals surface area contributed by atoms with Crippen LogP contribution in [0, 0.1) is 5.92 Å². The lowest BCUT2D eigenvalue weighted by atomic mass is 9.83. The third kappa shape index (κ3) is 3.74. The number of nitrogens with zero attached hydrogens (tertiary/aromatic N) is 3. The van der Waals surface area contributed by atoms with Crippen LogP contribution in [-0.2, 0) is 27.9 Å². The molecule has 1 N–H and O–H groups in total. The monoisotopic (exact) mass is 440 g/mol. The second-order valence-electron chi connectivity index (χ2n) is 8.55. The minimum atomic E-state index is -3.39. The van der Waals surface area contributed by atoms with Gasteiger partial charge in [0.1, 0.15) is 6.54 Å². The Morgan fingerprint density at radius 1 is 1.10 bits per heavy atom. The van der Waals surface area contributed by atoms with Crippen molar-refractivity contribution < 1.29 is 13.2 Å². The predicted octanol–water partition coefficient (Wildman–Crippen LogP) is 1.82. The van der Waals surface area contributed by atoms with Gasteiger partial charge in [0.15, 0.2) is 0 Å². The number of rotatable bonds is 4. The normalized spacial score (nSPS) is 20.5. The number of carbonyl (C=O) groups excluding carboxylic acids is 1. The van der Waals surface area contributed by atoms with E-state index in [1.54, 1.807) is 24.3 Å². The molecule has 1 amide bonds. The number of carbonyl (C=O) groups is 1. The third-order valence-electron chi connectivity index (χ3n) is 6.25. The smallest absolute Gasteiger partial charge is 0.250 e. The minimum absolute atomic E-state index is 0.0282. The SMILES string of the molecule is CS(=O)(=O)Nc1cccc2c1ccn2CC(=O)N1C[C@H]2C[C@@H](C1)c1cccc(=O)n1C2. The summed E-state index contributed by atoms with van der Waals surface area (Å²) in [5.41, 5.74) is 2.35.